The highest BCUT2D eigenvalue weighted by Crippen LogP contribution is 2.29. The van der Waals surface area contributed by atoms with Crippen molar-refractivity contribution in [2.24, 2.45) is 7.05 Å². The first-order valence-electron chi connectivity index (χ1n) is 8.49. The predicted molar refractivity (Wildman–Crippen MR) is 109 cm³/mol. The summed E-state index contributed by atoms with van der Waals surface area (Å²) >= 11 is 12.4. The molecule has 1 aromatic carbocycles. The molecule has 0 bridgehead atoms. The van der Waals surface area contributed by atoms with Crippen LogP contribution in [0.15, 0.2) is 42.9 Å². The van der Waals surface area contributed by atoms with E-state index >= 15 is 0 Å². The Labute approximate surface area is 170 Å². The molecule has 0 aliphatic rings. The number of aryl methyl sites for hydroxylation is 2. The Bertz CT molecular complexity index is 1180. The van der Waals surface area contributed by atoms with Crippen molar-refractivity contribution in [3.63, 3.8) is 0 Å². The lowest BCUT2D eigenvalue weighted by Crippen LogP contribution is -2.13. The Kier molecular flexibility index (Phi) is 4.78. The first-order chi connectivity index (χ1) is 13.4. The number of aromatic nitrogens is 5. The van der Waals surface area contributed by atoms with Crippen LogP contribution in [0.3, 0.4) is 0 Å². The second-order valence-corrected chi connectivity index (χ2v) is 7.16. The van der Waals surface area contributed by atoms with Gasteiger partial charge in [0, 0.05) is 36.3 Å². The number of pyridine rings is 1. The van der Waals surface area contributed by atoms with Gasteiger partial charge in [0.05, 0.1) is 21.7 Å². The topological polar surface area (TPSA) is 77.6 Å². The molecule has 4 rings (SSSR count). The second-order valence-electron chi connectivity index (χ2n) is 6.34. The largest absolute Gasteiger partial charge is 0.336 e. The summed E-state index contributed by atoms with van der Waals surface area (Å²) in [7, 11) is 1.92. The maximum atomic E-state index is 12.7. The van der Waals surface area contributed by atoms with E-state index < -0.39 is 0 Å². The molecule has 1 N–H and O–H groups in total. The Morgan fingerprint density at radius 3 is 2.61 bits per heavy atom. The van der Waals surface area contributed by atoms with Gasteiger partial charge in [0.1, 0.15) is 12.4 Å². The molecule has 3 heterocycles. The van der Waals surface area contributed by atoms with E-state index in [2.05, 4.69) is 20.4 Å². The Balaban J connectivity index is 1.69. The normalized spacial score (nSPS) is 11.1. The average Bonchev–Trinajstić information content (AvgIpc) is 3.21. The minimum absolute atomic E-state index is 0.281. The van der Waals surface area contributed by atoms with Crippen LogP contribution < -0.4 is 5.32 Å². The third-order valence-corrected chi connectivity index (χ3v) is 5.08. The van der Waals surface area contributed by atoms with Gasteiger partial charge in [-0.15, -0.1) is 0 Å². The monoisotopic (exact) mass is 414 g/mol. The van der Waals surface area contributed by atoms with Crippen molar-refractivity contribution in [1.82, 2.24) is 24.3 Å². The van der Waals surface area contributed by atoms with Crippen LogP contribution in [-0.2, 0) is 13.6 Å². The summed E-state index contributed by atoms with van der Waals surface area (Å²) in [5.41, 5.74) is 2.20. The average molecular weight is 415 g/mol. The zero-order chi connectivity index (χ0) is 19.8. The van der Waals surface area contributed by atoms with Crippen LogP contribution in [0.5, 0.6) is 0 Å². The molecular formula is C19H16Cl2N6O. The summed E-state index contributed by atoms with van der Waals surface area (Å²) in [6.07, 6.45) is 5.06. The SMILES string of the molecule is Cc1nn(Cc2nccn2C)c2ncc(C(=O)Nc3ccc(Cl)cc3)c(Cl)c12. The summed E-state index contributed by atoms with van der Waals surface area (Å²) in [4.78, 5) is 21.4. The van der Waals surface area contributed by atoms with Gasteiger partial charge >= 0.3 is 0 Å². The van der Waals surface area contributed by atoms with Crippen LogP contribution in [0.4, 0.5) is 5.69 Å². The smallest absolute Gasteiger partial charge is 0.258 e. The van der Waals surface area contributed by atoms with Crippen molar-refractivity contribution in [3.05, 3.63) is 70.0 Å². The maximum Gasteiger partial charge on any atom is 0.258 e. The minimum Gasteiger partial charge on any atom is -0.336 e. The number of rotatable bonds is 4. The van der Waals surface area contributed by atoms with Crippen LogP contribution in [-0.4, -0.2) is 30.2 Å². The number of imidazole rings is 1. The lowest BCUT2D eigenvalue weighted by atomic mass is 10.2. The van der Waals surface area contributed by atoms with Gasteiger partial charge in [-0.1, -0.05) is 23.2 Å². The first kappa shape index (κ1) is 18.5. The summed E-state index contributed by atoms with van der Waals surface area (Å²) in [5.74, 6) is 0.491. The molecule has 4 aromatic rings. The molecule has 7 nitrogen and oxygen atoms in total. The molecule has 0 aliphatic heterocycles. The van der Waals surface area contributed by atoms with Crippen molar-refractivity contribution in [2.75, 3.05) is 5.32 Å². The maximum absolute atomic E-state index is 12.7. The lowest BCUT2D eigenvalue weighted by molar-refractivity contribution is 0.102. The van der Waals surface area contributed by atoms with E-state index in [1.165, 1.54) is 6.20 Å². The fourth-order valence-electron chi connectivity index (χ4n) is 2.96. The molecule has 3 aromatic heterocycles. The zero-order valence-corrected chi connectivity index (χ0v) is 16.7. The highest BCUT2D eigenvalue weighted by Gasteiger charge is 2.20. The molecule has 0 saturated carbocycles. The Hall–Kier alpha value is -2.90. The molecule has 0 saturated heterocycles. The number of nitrogens with one attached hydrogen (secondary N) is 1. The van der Waals surface area contributed by atoms with E-state index in [9.17, 15) is 4.79 Å². The number of amides is 1. The van der Waals surface area contributed by atoms with E-state index in [0.29, 0.717) is 39.0 Å². The number of carbonyl (C=O) groups excluding carboxylic acids is 1. The Morgan fingerprint density at radius 1 is 1.18 bits per heavy atom. The fourth-order valence-corrected chi connectivity index (χ4v) is 3.44. The number of anilines is 1. The van der Waals surface area contributed by atoms with Crippen LogP contribution in [0.2, 0.25) is 10.0 Å². The van der Waals surface area contributed by atoms with Crippen LogP contribution in [0.25, 0.3) is 11.0 Å². The first-order valence-corrected chi connectivity index (χ1v) is 9.24. The van der Waals surface area contributed by atoms with Crippen molar-refractivity contribution >= 4 is 45.8 Å². The van der Waals surface area contributed by atoms with E-state index in [1.807, 2.05) is 24.7 Å². The fraction of sp³-hybridized carbons (Fsp3) is 0.158. The van der Waals surface area contributed by atoms with Crippen LogP contribution >= 0.6 is 23.2 Å². The lowest BCUT2D eigenvalue weighted by Gasteiger charge is -2.08. The van der Waals surface area contributed by atoms with E-state index in [4.69, 9.17) is 23.2 Å². The van der Waals surface area contributed by atoms with Gasteiger partial charge in [0.2, 0.25) is 0 Å². The van der Waals surface area contributed by atoms with Crippen molar-refractivity contribution in [3.8, 4) is 0 Å². The summed E-state index contributed by atoms with van der Waals surface area (Å²) in [6.45, 7) is 2.29. The zero-order valence-electron chi connectivity index (χ0n) is 15.1. The van der Waals surface area contributed by atoms with Gasteiger partial charge in [-0.2, -0.15) is 5.10 Å². The molecule has 28 heavy (non-hydrogen) atoms. The van der Waals surface area contributed by atoms with Gasteiger partial charge in [0.25, 0.3) is 5.91 Å². The van der Waals surface area contributed by atoms with E-state index in [0.717, 1.165) is 5.82 Å². The van der Waals surface area contributed by atoms with Crippen molar-refractivity contribution in [2.45, 2.75) is 13.5 Å². The van der Waals surface area contributed by atoms with Gasteiger partial charge in [-0.25, -0.2) is 14.6 Å². The number of halogens is 2. The Morgan fingerprint density at radius 2 is 1.93 bits per heavy atom. The van der Waals surface area contributed by atoms with Gasteiger partial charge < -0.3 is 9.88 Å². The number of carbonyl (C=O) groups is 1. The minimum atomic E-state index is -0.349. The number of hydrogen-bond donors (Lipinski definition) is 1. The molecule has 0 spiro atoms. The van der Waals surface area contributed by atoms with Crippen molar-refractivity contribution < 1.29 is 4.79 Å². The number of benzene rings is 1. The third-order valence-electron chi connectivity index (χ3n) is 4.43. The molecule has 0 radical (unpaired) electrons. The standard InChI is InChI=1S/C19H16Cl2N6O/c1-11-16-17(21)14(19(28)24-13-5-3-12(20)4-6-13)9-23-18(16)27(25-11)10-15-22-7-8-26(15)2/h3-9H,10H2,1-2H3,(H,24,28). The highest BCUT2D eigenvalue weighted by molar-refractivity contribution is 6.39. The van der Waals surface area contributed by atoms with E-state index in [-0.39, 0.29) is 11.5 Å². The number of hydrogen-bond acceptors (Lipinski definition) is 4. The second kappa shape index (κ2) is 7.26. The molecule has 0 atom stereocenters. The molecule has 0 aliphatic carbocycles. The predicted octanol–water partition coefficient (Wildman–Crippen LogP) is 4.08. The third kappa shape index (κ3) is 3.34. The van der Waals surface area contributed by atoms with Gasteiger partial charge in [-0.05, 0) is 31.2 Å². The highest BCUT2D eigenvalue weighted by atomic mass is 35.5. The molecule has 142 valence electrons. The number of fused-ring (bicyclic) bond motifs is 1. The molecular weight excluding hydrogens is 399 g/mol. The van der Waals surface area contributed by atoms with Gasteiger partial charge in [0.15, 0.2) is 5.65 Å². The van der Waals surface area contributed by atoms with Gasteiger partial charge in [-0.3, -0.25) is 4.79 Å². The summed E-state index contributed by atoms with van der Waals surface area (Å²) in [6, 6.07) is 6.84. The number of nitrogens with zero attached hydrogens (tertiary/aromatic N) is 5. The quantitative estimate of drug-likeness (QED) is 0.545. The molecule has 0 unspecified atom stereocenters. The molecule has 1 amide bonds. The summed E-state index contributed by atoms with van der Waals surface area (Å²) in [5, 5.41) is 8.89. The van der Waals surface area contributed by atoms with Crippen LogP contribution in [0, 0.1) is 6.92 Å². The molecule has 0 fully saturated rings. The van der Waals surface area contributed by atoms with E-state index in [1.54, 1.807) is 35.1 Å². The van der Waals surface area contributed by atoms with Crippen LogP contribution in [0.1, 0.15) is 21.9 Å². The van der Waals surface area contributed by atoms with Crippen molar-refractivity contribution in [1.29, 1.82) is 0 Å². The summed E-state index contributed by atoms with van der Waals surface area (Å²) < 4.78 is 3.65. The molecule has 9 heteroatoms.